The molecule has 1 spiro atoms. The van der Waals surface area contributed by atoms with E-state index in [0.717, 1.165) is 0 Å². The molecule has 84 valence electrons. The Morgan fingerprint density at radius 3 is 1.27 bits per heavy atom. The summed E-state index contributed by atoms with van der Waals surface area (Å²) in [5, 5.41) is 0. The van der Waals surface area contributed by atoms with Crippen molar-refractivity contribution in [3.63, 3.8) is 0 Å². The summed E-state index contributed by atoms with van der Waals surface area (Å²) in [7, 11) is -1.09. The molecule has 4 rings (SSSR count). The van der Waals surface area contributed by atoms with Crippen LogP contribution in [0, 0.1) is 0 Å². The van der Waals surface area contributed by atoms with Crippen molar-refractivity contribution in [1.82, 2.24) is 18.7 Å². The molecule has 0 unspecified atom stereocenters. The molecular formula is C10H20N4P+. The molecular weight excluding hydrogens is 207 g/mol. The fourth-order valence-corrected chi connectivity index (χ4v) is 9.14. The normalized spacial score (nSPS) is 36.8. The molecule has 0 aliphatic carbocycles. The zero-order valence-electron chi connectivity index (χ0n) is 9.31. The number of rotatable bonds is 0. The van der Waals surface area contributed by atoms with E-state index in [1.54, 1.807) is 0 Å². The summed E-state index contributed by atoms with van der Waals surface area (Å²) >= 11 is 0. The Morgan fingerprint density at radius 1 is 0.467 bits per heavy atom. The van der Waals surface area contributed by atoms with Gasteiger partial charge in [-0.15, -0.1) is 18.7 Å². The molecule has 0 atom stereocenters. The summed E-state index contributed by atoms with van der Waals surface area (Å²) in [5.74, 6) is 0. The van der Waals surface area contributed by atoms with E-state index in [1.807, 2.05) is 0 Å². The Hall–Kier alpha value is 0.270. The van der Waals surface area contributed by atoms with Gasteiger partial charge in [0.1, 0.15) is 0 Å². The van der Waals surface area contributed by atoms with Gasteiger partial charge in [-0.05, 0) is 12.8 Å². The molecule has 0 N–H and O–H groups in total. The predicted molar refractivity (Wildman–Crippen MR) is 62.4 cm³/mol. The van der Waals surface area contributed by atoms with Gasteiger partial charge < -0.3 is 0 Å². The van der Waals surface area contributed by atoms with Crippen LogP contribution in [-0.2, 0) is 0 Å². The van der Waals surface area contributed by atoms with Crippen molar-refractivity contribution in [3.05, 3.63) is 0 Å². The molecule has 0 aromatic heterocycles. The van der Waals surface area contributed by atoms with E-state index in [1.165, 1.54) is 65.2 Å². The average molecular weight is 227 g/mol. The highest BCUT2D eigenvalue weighted by Crippen LogP contribution is 2.76. The molecule has 4 heterocycles. The van der Waals surface area contributed by atoms with Crippen molar-refractivity contribution < 1.29 is 0 Å². The quantitative estimate of drug-likeness (QED) is 0.565. The molecule has 0 bridgehead atoms. The first-order chi connectivity index (χ1) is 7.42. The van der Waals surface area contributed by atoms with Gasteiger partial charge in [-0.3, -0.25) is 0 Å². The average Bonchev–Trinajstić information content (AvgIpc) is 2.80. The summed E-state index contributed by atoms with van der Waals surface area (Å²) in [6.07, 6.45) is 2.78. The molecule has 0 amide bonds. The largest absolute Gasteiger partial charge is 0.308 e. The van der Waals surface area contributed by atoms with E-state index in [0.29, 0.717) is 0 Å². The van der Waals surface area contributed by atoms with Gasteiger partial charge in [-0.1, -0.05) is 0 Å². The van der Waals surface area contributed by atoms with Crippen LogP contribution in [0.25, 0.3) is 0 Å². The van der Waals surface area contributed by atoms with Crippen LogP contribution in [0.1, 0.15) is 12.8 Å². The first-order valence-electron chi connectivity index (χ1n) is 6.33. The molecule has 15 heavy (non-hydrogen) atoms. The Kier molecular flexibility index (Phi) is 1.95. The molecule has 4 aliphatic heterocycles. The van der Waals surface area contributed by atoms with Gasteiger partial charge in [0.25, 0.3) is 0 Å². The SMILES string of the molecule is C1CN2CCCN3CCN4CCN(C1)[P+]234. The Labute approximate surface area is 92.3 Å². The second kappa shape index (κ2) is 3.14. The third kappa shape index (κ3) is 1.00. The van der Waals surface area contributed by atoms with Gasteiger partial charge in [0.15, 0.2) is 0 Å². The highest BCUT2D eigenvalue weighted by molar-refractivity contribution is 7.67. The van der Waals surface area contributed by atoms with Crippen molar-refractivity contribution in [3.8, 4) is 0 Å². The highest BCUT2D eigenvalue weighted by Gasteiger charge is 2.70. The van der Waals surface area contributed by atoms with E-state index in [4.69, 9.17) is 0 Å². The summed E-state index contributed by atoms with van der Waals surface area (Å²) in [6, 6.07) is 0. The van der Waals surface area contributed by atoms with Gasteiger partial charge in [0, 0.05) is 26.2 Å². The van der Waals surface area contributed by atoms with Crippen LogP contribution in [0.2, 0.25) is 0 Å². The predicted octanol–water partition coefficient (Wildman–Crippen LogP) is 0.707. The van der Waals surface area contributed by atoms with Crippen LogP contribution in [0.4, 0.5) is 0 Å². The first kappa shape index (κ1) is 9.32. The third-order valence-electron chi connectivity index (χ3n) is 4.42. The van der Waals surface area contributed by atoms with E-state index in [-0.39, 0.29) is 0 Å². The van der Waals surface area contributed by atoms with Gasteiger partial charge in [0.05, 0.1) is 26.2 Å². The van der Waals surface area contributed by atoms with E-state index >= 15 is 0 Å². The second-order valence-corrected chi connectivity index (χ2v) is 8.39. The number of hydrogen-bond acceptors (Lipinski definition) is 4. The Bertz CT molecular complexity index is 259. The van der Waals surface area contributed by atoms with E-state index in [2.05, 4.69) is 18.7 Å². The van der Waals surface area contributed by atoms with Crippen molar-refractivity contribution in [1.29, 1.82) is 0 Å². The first-order valence-corrected chi connectivity index (χ1v) is 7.93. The lowest BCUT2D eigenvalue weighted by molar-refractivity contribution is 0.243. The zero-order valence-corrected chi connectivity index (χ0v) is 10.2. The lowest BCUT2D eigenvalue weighted by atomic mass is 10.3. The standard InChI is InChI=1S/C10H20N4P/c1-3-11-4-2-6-13-8-10-14-9-7-12(5-1)15(11,13)14/h1-10H2/q+1. The topological polar surface area (TPSA) is 13.0 Å². The number of nitrogens with zero attached hydrogens (tertiary/aromatic N) is 4. The van der Waals surface area contributed by atoms with Crippen LogP contribution >= 0.6 is 7.87 Å². The van der Waals surface area contributed by atoms with Crippen molar-refractivity contribution >= 4 is 7.87 Å². The van der Waals surface area contributed by atoms with E-state index < -0.39 is 7.87 Å². The third-order valence-corrected chi connectivity index (χ3v) is 9.05. The molecule has 0 aromatic carbocycles. The van der Waals surface area contributed by atoms with Crippen molar-refractivity contribution in [2.75, 3.05) is 52.4 Å². The summed E-state index contributed by atoms with van der Waals surface area (Å²) in [5.41, 5.74) is 0. The molecule has 0 saturated carbocycles. The molecule has 4 nitrogen and oxygen atoms in total. The molecule has 4 fully saturated rings. The highest BCUT2D eigenvalue weighted by atomic mass is 31.2. The molecule has 0 aromatic rings. The minimum Gasteiger partial charge on any atom is -0.133 e. The zero-order chi connectivity index (χ0) is 9.88. The molecule has 4 aliphatic rings. The maximum absolute atomic E-state index is 2.85. The Morgan fingerprint density at radius 2 is 0.800 bits per heavy atom. The molecule has 0 radical (unpaired) electrons. The minimum atomic E-state index is -1.09. The van der Waals surface area contributed by atoms with Crippen LogP contribution < -0.4 is 0 Å². The maximum Gasteiger partial charge on any atom is 0.308 e. The smallest absolute Gasteiger partial charge is 0.133 e. The fraction of sp³-hybridized carbons (Fsp3) is 1.00. The van der Waals surface area contributed by atoms with Crippen LogP contribution in [0.3, 0.4) is 0 Å². The van der Waals surface area contributed by atoms with Gasteiger partial charge in [-0.2, -0.15) is 0 Å². The van der Waals surface area contributed by atoms with E-state index in [9.17, 15) is 0 Å². The van der Waals surface area contributed by atoms with Crippen LogP contribution in [0.15, 0.2) is 0 Å². The van der Waals surface area contributed by atoms with Gasteiger partial charge in [-0.25, -0.2) is 0 Å². The molecule has 5 heteroatoms. The fourth-order valence-electron chi connectivity index (χ4n) is 3.93. The minimum absolute atomic E-state index is 1.09. The summed E-state index contributed by atoms with van der Waals surface area (Å²) in [6.45, 7) is 10.8. The molecule has 4 saturated heterocycles. The van der Waals surface area contributed by atoms with Gasteiger partial charge >= 0.3 is 7.87 Å². The van der Waals surface area contributed by atoms with Crippen molar-refractivity contribution in [2.24, 2.45) is 0 Å². The van der Waals surface area contributed by atoms with Gasteiger partial charge in [0.2, 0.25) is 0 Å². The maximum atomic E-state index is 2.85. The monoisotopic (exact) mass is 227 g/mol. The summed E-state index contributed by atoms with van der Waals surface area (Å²) in [4.78, 5) is 0. The lowest BCUT2D eigenvalue weighted by Gasteiger charge is -2.47. The lowest BCUT2D eigenvalue weighted by Crippen LogP contribution is -2.51. The van der Waals surface area contributed by atoms with Crippen molar-refractivity contribution in [2.45, 2.75) is 12.8 Å². The Balaban J connectivity index is 1.81. The van der Waals surface area contributed by atoms with Crippen LogP contribution in [-0.4, -0.2) is 71.0 Å². The number of hydrogen-bond donors (Lipinski definition) is 0. The van der Waals surface area contributed by atoms with Crippen LogP contribution in [0.5, 0.6) is 0 Å². The second-order valence-electron chi connectivity index (χ2n) is 5.06. The summed E-state index contributed by atoms with van der Waals surface area (Å²) < 4.78 is 11.3.